The minimum Gasteiger partial charge on any atom is -0.348 e. The zero-order valence-corrected chi connectivity index (χ0v) is 17.9. The van der Waals surface area contributed by atoms with Crippen molar-refractivity contribution in [2.45, 2.75) is 13.5 Å². The van der Waals surface area contributed by atoms with E-state index < -0.39 is 0 Å². The van der Waals surface area contributed by atoms with E-state index in [0.717, 1.165) is 16.7 Å². The second-order valence-corrected chi connectivity index (χ2v) is 7.31. The summed E-state index contributed by atoms with van der Waals surface area (Å²) in [4.78, 5) is 24.8. The number of carbonyl (C=O) groups excluding carboxylic acids is 2. The molecule has 0 saturated carbocycles. The molecule has 0 spiro atoms. The van der Waals surface area contributed by atoms with Crippen molar-refractivity contribution in [3.8, 4) is 0 Å². The summed E-state index contributed by atoms with van der Waals surface area (Å²) >= 11 is 5.24. The molecule has 3 N–H and O–H groups in total. The van der Waals surface area contributed by atoms with Crippen LogP contribution >= 0.6 is 12.2 Å². The van der Waals surface area contributed by atoms with Gasteiger partial charge in [-0.15, -0.1) is 0 Å². The molecule has 31 heavy (non-hydrogen) atoms. The van der Waals surface area contributed by atoms with E-state index in [9.17, 15) is 9.59 Å². The van der Waals surface area contributed by atoms with Gasteiger partial charge >= 0.3 is 0 Å². The summed E-state index contributed by atoms with van der Waals surface area (Å²) in [6.07, 6.45) is 3.12. The predicted molar refractivity (Wildman–Crippen MR) is 129 cm³/mol. The molecular weight excluding hydrogens is 406 g/mol. The number of aryl methyl sites for hydroxylation is 1. The topological polar surface area (TPSA) is 70.2 Å². The van der Waals surface area contributed by atoms with Crippen molar-refractivity contribution in [3.05, 3.63) is 107 Å². The van der Waals surface area contributed by atoms with Gasteiger partial charge in [0.25, 0.3) is 5.91 Å². The Hall–Kier alpha value is -3.77. The van der Waals surface area contributed by atoms with E-state index in [-0.39, 0.29) is 16.9 Å². The highest BCUT2D eigenvalue weighted by atomic mass is 32.1. The van der Waals surface area contributed by atoms with Gasteiger partial charge in [-0.05, 0) is 48.5 Å². The number of benzene rings is 3. The molecular formula is C25H23N3O2S. The number of hydrogen-bond donors (Lipinski definition) is 3. The summed E-state index contributed by atoms with van der Waals surface area (Å²) in [5.41, 5.74) is 4.02. The Labute approximate surface area is 187 Å². The van der Waals surface area contributed by atoms with Crippen molar-refractivity contribution in [2.75, 3.05) is 5.32 Å². The van der Waals surface area contributed by atoms with Crippen molar-refractivity contribution in [1.29, 1.82) is 0 Å². The molecule has 0 aliphatic heterocycles. The first-order valence-corrected chi connectivity index (χ1v) is 10.2. The molecule has 3 aromatic carbocycles. The van der Waals surface area contributed by atoms with Crippen LogP contribution in [-0.2, 0) is 11.3 Å². The Morgan fingerprint density at radius 1 is 0.903 bits per heavy atom. The minimum absolute atomic E-state index is 0.113. The van der Waals surface area contributed by atoms with E-state index in [0.29, 0.717) is 17.8 Å². The van der Waals surface area contributed by atoms with E-state index in [2.05, 4.69) is 16.0 Å². The Bertz CT molecular complexity index is 1090. The smallest absolute Gasteiger partial charge is 0.253 e. The lowest BCUT2D eigenvalue weighted by molar-refractivity contribution is -0.115. The van der Waals surface area contributed by atoms with Crippen LogP contribution in [0.15, 0.2) is 84.9 Å². The van der Waals surface area contributed by atoms with E-state index in [1.807, 2.05) is 61.5 Å². The van der Waals surface area contributed by atoms with Crippen LogP contribution < -0.4 is 16.0 Å². The number of carbonyl (C=O) groups is 2. The van der Waals surface area contributed by atoms with Crippen molar-refractivity contribution < 1.29 is 9.59 Å². The first kappa shape index (κ1) is 21.9. The molecule has 0 fully saturated rings. The van der Waals surface area contributed by atoms with Gasteiger partial charge in [-0.1, -0.05) is 72.3 Å². The van der Waals surface area contributed by atoms with Crippen LogP contribution in [0, 0.1) is 6.92 Å². The molecule has 3 rings (SSSR count). The van der Waals surface area contributed by atoms with Crippen LogP contribution in [0.1, 0.15) is 27.0 Å². The molecule has 0 aromatic heterocycles. The first-order chi connectivity index (χ1) is 15.0. The molecule has 0 heterocycles. The highest BCUT2D eigenvalue weighted by Gasteiger charge is 2.12. The lowest BCUT2D eigenvalue weighted by Gasteiger charge is -2.13. The fraction of sp³-hybridized carbons (Fsp3) is 0.0800. The summed E-state index contributed by atoms with van der Waals surface area (Å²) in [7, 11) is 0. The fourth-order valence-electron chi connectivity index (χ4n) is 2.82. The summed E-state index contributed by atoms with van der Waals surface area (Å²) < 4.78 is 0. The van der Waals surface area contributed by atoms with E-state index >= 15 is 0 Å². The SMILES string of the molecule is Cc1ccc(C=CC(=O)NC(=S)Nc2ccccc2C(=O)NCc2ccccc2)cc1. The van der Waals surface area contributed by atoms with Crippen LogP contribution in [0.4, 0.5) is 5.69 Å². The van der Waals surface area contributed by atoms with Gasteiger partial charge in [0.1, 0.15) is 0 Å². The molecule has 2 amide bonds. The molecule has 0 aliphatic carbocycles. The molecule has 3 aromatic rings. The molecule has 0 radical (unpaired) electrons. The van der Waals surface area contributed by atoms with Crippen LogP contribution in [0.3, 0.4) is 0 Å². The van der Waals surface area contributed by atoms with Crippen molar-refractivity contribution in [1.82, 2.24) is 10.6 Å². The standard InChI is InChI=1S/C25H23N3O2S/c1-18-11-13-19(14-12-18)15-16-23(29)28-25(31)27-22-10-6-5-9-21(22)24(30)26-17-20-7-3-2-4-8-20/h2-16H,17H2,1H3,(H,26,30)(H2,27,28,29,31). The normalized spacial score (nSPS) is 10.5. The number of thiocarbonyl (C=S) groups is 1. The average Bonchev–Trinajstić information content (AvgIpc) is 2.78. The Kier molecular flexibility index (Phi) is 7.67. The lowest BCUT2D eigenvalue weighted by Crippen LogP contribution is -2.33. The Balaban J connectivity index is 1.57. The number of nitrogens with one attached hydrogen (secondary N) is 3. The number of hydrogen-bond acceptors (Lipinski definition) is 3. The third-order valence-corrected chi connectivity index (χ3v) is 4.66. The maximum atomic E-state index is 12.6. The number of anilines is 1. The van der Waals surface area contributed by atoms with E-state index in [1.165, 1.54) is 6.08 Å². The monoisotopic (exact) mass is 429 g/mol. The van der Waals surface area contributed by atoms with Gasteiger partial charge in [0, 0.05) is 12.6 Å². The number of rotatable bonds is 6. The largest absolute Gasteiger partial charge is 0.348 e. The maximum absolute atomic E-state index is 12.6. The molecule has 0 bridgehead atoms. The quantitative estimate of drug-likeness (QED) is 0.400. The Morgan fingerprint density at radius 2 is 1.58 bits per heavy atom. The lowest BCUT2D eigenvalue weighted by atomic mass is 10.1. The van der Waals surface area contributed by atoms with Crippen molar-refractivity contribution in [3.63, 3.8) is 0 Å². The summed E-state index contributed by atoms with van der Waals surface area (Å²) in [6.45, 7) is 2.42. The molecule has 0 saturated heterocycles. The molecule has 156 valence electrons. The molecule has 0 aliphatic rings. The van der Waals surface area contributed by atoms with Crippen LogP contribution in [-0.4, -0.2) is 16.9 Å². The van der Waals surface area contributed by atoms with Gasteiger partial charge in [-0.3, -0.25) is 14.9 Å². The minimum atomic E-state index is -0.357. The van der Waals surface area contributed by atoms with Gasteiger partial charge in [0.15, 0.2) is 5.11 Å². The second-order valence-electron chi connectivity index (χ2n) is 6.90. The van der Waals surface area contributed by atoms with E-state index in [1.54, 1.807) is 30.3 Å². The zero-order chi connectivity index (χ0) is 22.1. The second kappa shape index (κ2) is 10.8. The third kappa shape index (κ3) is 6.90. The molecule has 0 unspecified atom stereocenters. The van der Waals surface area contributed by atoms with E-state index in [4.69, 9.17) is 12.2 Å². The summed E-state index contributed by atoms with van der Waals surface area (Å²) in [6, 6.07) is 24.5. The van der Waals surface area contributed by atoms with Crippen LogP contribution in [0.25, 0.3) is 6.08 Å². The van der Waals surface area contributed by atoms with Crippen LogP contribution in [0.5, 0.6) is 0 Å². The van der Waals surface area contributed by atoms with Crippen molar-refractivity contribution >= 4 is 40.9 Å². The van der Waals surface area contributed by atoms with Crippen molar-refractivity contribution in [2.24, 2.45) is 0 Å². The van der Waals surface area contributed by atoms with Gasteiger partial charge in [0.2, 0.25) is 5.91 Å². The van der Waals surface area contributed by atoms with Gasteiger partial charge in [-0.25, -0.2) is 0 Å². The summed E-state index contributed by atoms with van der Waals surface area (Å²) in [5, 5.41) is 8.53. The highest BCUT2D eigenvalue weighted by Crippen LogP contribution is 2.15. The van der Waals surface area contributed by atoms with Gasteiger partial charge < -0.3 is 10.6 Å². The van der Waals surface area contributed by atoms with Crippen LogP contribution in [0.2, 0.25) is 0 Å². The predicted octanol–water partition coefficient (Wildman–Crippen LogP) is 4.45. The average molecular weight is 430 g/mol. The first-order valence-electron chi connectivity index (χ1n) is 9.79. The molecule has 5 nitrogen and oxygen atoms in total. The Morgan fingerprint density at radius 3 is 2.32 bits per heavy atom. The highest BCUT2D eigenvalue weighted by molar-refractivity contribution is 7.80. The van der Waals surface area contributed by atoms with Gasteiger partial charge in [-0.2, -0.15) is 0 Å². The third-order valence-electron chi connectivity index (χ3n) is 4.46. The van der Waals surface area contributed by atoms with Gasteiger partial charge in [0.05, 0.1) is 11.3 Å². The summed E-state index contributed by atoms with van der Waals surface area (Å²) in [5.74, 6) is -0.593. The maximum Gasteiger partial charge on any atom is 0.253 e. The molecule has 0 atom stereocenters. The molecule has 6 heteroatoms. The number of amides is 2. The zero-order valence-electron chi connectivity index (χ0n) is 17.1. The fourth-order valence-corrected chi connectivity index (χ4v) is 3.03. The number of para-hydroxylation sites is 1.